The van der Waals surface area contributed by atoms with Crippen LogP contribution in [0.5, 0.6) is 0 Å². The standard InChI is InChI=1S/C21H33N4O8P.C20H31N4O10P.C13H16N4O3.C11H16N2O4.C9H13N3O2S/c1-20(2,3)18(26)30-12-32-34(28,33-13-31-19(27)21(4,5)6)14-29-10-9-25-11-24-16-15(22)7-8-23-17(16)25;1-13(2)33-19(25)28-10-31-35(27,32-11-29-20(26)34-14(3)4)12-30-15(5)8-24-9-23-17-16(21)6-7-22-18(17)24;1-6-8(4-18)10(19)3-9(6)17-5-14-11-12(17)15-7(2)16-13(11)20;1-3-8-7(14)4-9(17-8)13-5-6(2)10(15)12-11(13)16;1-2-8-14-7(5-15-8)12-4-3-6(10)11-9(12)13/h7-8,11H,9-10,12-14H2,1-6H3,(H2,22,23);6-7,9,13-15H,8,10-12H2,1-5H3,(H2,21,22);5,8-10,18-19H,1,3-4H2,2H3,(H,15,16,20);5,7-9,14H,3-4H2,1-2H3,(H,12,15,16);3-4,7-8H,2,5H2,1H3,(H2,10,11,13)/t;15-;8-,9-,10-;7?,8-,9-;7-,8+/m.1000/s1. The first kappa shape index (κ1) is 98.3. The molecular weight excluding hydrogens is 1650 g/mol. The molecule has 0 amide bonds. The minimum atomic E-state index is -4.05. The van der Waals surface area contributed by atoms with E-state index >= 15 is 0 Å². The van der Waals surface area contributed by atoms with Gasteiger partial charge in [0.25, 0.3) is 11.1 Å². The van der Waals surface area contributed by atoms with E-state index in [1.807, 2.05) is 6.92 Å². The van der Waals surface area contributed by atoms with Crippen molar-refractivity contribution in [2.45, 2.75) is 203 Å². The van der Waals surface area contributed by atoms with Crippen LogP contribution >= 0.6 is 27.0 Å². The number of aryl methyl sites for hydroxylation is 2. The number of imidazole rings is 3. The molecule has 668 valence electrons. The van der Waals surface area contributed by atoms with E-state index in [0.29, 0.717) is 83.1 Å². The molecule has 0 aromatic carbocycles. The van der Waals surface area contributed by atoms with E-state index in [-0.39, 0.29) is 65.5 Å². The van der Waals surface area contributed by atoms with E-state index in [1.54, 1.807) is 165 Å². The van der Waals surface area contributed by atoms with Gasteiger partial charge in [-0.25, -0.2) is 49.1 Å². The summed E-state index contributed by atoms with van der Waals surface area (Å²) in [5, 5.41) is 29.0. The maximum atomic E-state index is 13.1. The van der Waals surface area contributed by atoms with Gasteiger partial charge in [-0.2, -0.15) is 4.98 Å². The molecule has 8 aromatic rings. The van der Waals surface area contributed by atoms with Gasteiger partial charge in [0.2, 0.25) is 27.2 Å². The number of pyridine rings is 2. The number of nitrogens with one attached hydrogen (secondary N) is 2. The minimum Gasteiger partial charge on any atom is -0.438 e. The van der Waals surface area contributed by atoms with Crippen LogP contribution in [0.15, 0.2) is 93.3 Å². The third-order valence-corrected chi connectivity index (χ3v) is 21.8. The summed E-state index contributed by atoms with van der Waals surface area (Å²) in [5.41, 5.74) is 19.5. The van der Waals surface area contributed by atoms with Crippen LogP contribution in [0, 0.1) is 30.6 Å². The van der Waals surface area contributed by atoms with E-state index in [0.717, 1.165) is 17.7 Å². The Morgan fingerprint density at radius 1 is 0.653 bits per heavy atom. The zero-order chi connectivity index (χ0) is 89.4. The van der Waals surface area contributed by atoms with Gasteiger partial charge in [0.15, 0.2) is 22.5 Å². The molecule has 9 atom stereocenters. The maximum Gasteiger partial charge on any atom is 0.510 e. The summed E-state index contributed by atoms with van der Waals surface area (Å²) < 4.78 is 106. The largest absolute Gasteiger partial charge is 0.510 e. The first-order chi connectivity index (χ1) is 57.0. The fraction of sp³-hybridized carbons (Fsp3) is 0.581. The molecule has 121 heavy (non-hydrogen) atoms. The highest BCUT2D eigenvalue weighted by molar-refractivity contribution is 8.00. The lowest BCUT2D eigenvalue weighted by Crippen LogP contribution is -2.33. The van der Waals surface area contributed by atoms with Crippen molar-refractivity contribution < 1.29 is 109 Å². The summed E-state index contributed by atoms with van der Waals surface area (Å²) in [7, 11) is -7.98. The Morgan fingerprint density at radius 3 is 1.71 bits per heavy atom. The van der Waals surface area contributed by atoms with E-state index < -0.39 is 138 Å². The number of nitrogens with two attached hydrogens (primary N) is 3. The minimum absolute atomic E-state index is 0.113. The van der Waals surface area contributed by atoms with Gasteiger partial charge in [-0.05, 0) is 133 Å². The second-order valence-electron chi connectivity index (χ2n) is 30.1. The van der Waals surface area contributed by atoms with Crippen LogP contribution in [0.4, 0.5) is 26.8 Å². The zero-order valence-electron chi connectivity index (χ0n) is 70.0. The molecule has 3 aliphatic rings. The molecule has 10 heterocycles. The van der Waals surface area contributed by atoms with E-state index in [1.165, 1.54) is 21.7 Å². The van der Waals surface area contributed by atoms with Gasteiger partial charge in [-0.15, -0.1) is 11.8 Å². The van der Waals surface area contributed by atoms with E-state index in [4.69, 9.17) is 82.7 Å². The zero-order valence-corrected chi connectivity index (χ0v) is 72.6. The summed E-state index contributed by atoms with van der Waals surface area (Å²) in [6, 6.07) is 4.69. The fourth-order valence-corrected chi connectivity index (χ4v) is 14.4. The second kappa shape index (κ2) is 44.8. The number of nitrogen functional groups attached to an aromatic ring is 3. The topological polar surface area (TPSA) is 585 Å². The molecule has 1 unspecified atom stereocenters. The summed E-state index contributed by atoms with van der Waals surface area (Å²) in [4.78, 5) is 127. The van der Waals surface area contributed by atoms with Crippen molar-refractivity contribution in [3.05, 3.63) is 127 Å². The number of thioether (sulfide) groups is 1. The van der Waals surface area contributed by atoms with Crippen molar-refractivity contribution in [1.82, 2.24) is 67.7 Å². The SMILES string of the molecule is C=C1[C@H](CO)[C@@H](O)C[C@@H]1n1cnc2c(=O)[nH]c(C)nc21.CC(C)(C)C(=O)OCOP(=O)(COCCn1cnc2c(N)ccnc21)OCOC(=O)C(C)(C)C.CC(C)OC(=O)OCOP(=O)(CO[C@H](C)Cn1cnc2c(N)ccnc21)OCOC(=O)OC(C)C.CC[C@@H]1O[C@H](n2cc(C)c(=O)[nH]c2=O)CC1O.CC[C@@H]1O[C@H](n2ccc(N)nc2=O)CS1. The molecule has 0 radical (unpaired) electrons. The maximum absolute atomic E-state index is 13.1. The first-order valence-corrected chi connectivity index (χ1v) is 42.7. The Balaban J connectivity index is 0.000000216. The number of hydrogen-bond acceptors (Lipinski definition) is 38. The smallest absolute Gasteiger partial charge is 0.438 e. The molecule has 47 heteroatoms. The normalized spacial score (nSPS) is 18.8. The summed E-state index contributed by atoms with van der Waals surface area (Å²) >= 11 is 1.72. The van der Waals surface area contributed by atoms with Crippen molar-refractivity contribution in [3.8, 4) is 0 Å². The van der Waals surface area contributed by atoms with Gasteiger partial charge in [-0.3, -0.25) is 60.5 Å². The Bertz CT molecular complexity index is 5090. The van der Waals surface area contributed by atoms with Crippen molar-refractivity contribution in [2.75, 3.05) is 76.0 Å². The number of ether oxygens (including phenoxy) is 10. The lowest BCUT2D eigenvalue weighted by molar-refractivity contribution is -0.162. The van der Waals surface area contributed by atoms with Crippen LogP contribution in [-0.2, 0) is 97.3 Å². The molecule has 11 rings (SSSR count). The molecule has 1 saturated carbocycles. The highest BCUT2D eigenvalue weighted by atomic mass is 32.2. The van der Waals surface area contributed by atoms with Crippen LogP contribution < -0.4 is 39.7 Å². The van der Waals surface area contributed by atoms with Crippen LogP contribution in [-0.4, -0.2) is 208 Å². The molecule has 0 spiro atoms. The quantitative estimate of drug-likeness (QED) is 0.00537. The lowest BCUT2D eigenvalue weighted by atomic mass is 9.98. The number of esters is 2. The highest BCUT2D eigenvalue weighted by Crippen LogP contribution is 2.50. The molecule has 1 aliphatic carbocycles. The number of nitrogens with zero attached hydrogens (tertiary/aromatic N) is 12. The Kier molecular flexibility index (Phi) is 36.4. The number of carbonyl (C=O) groups excluding carboxylic acids is 4. The van der Waals surface area contributed by atoms with Gasteiger partial charge in [-0.1, -0.05) is 20.4 Å². The van der Waals surface area contributed by atoms with E-state index in [9.17, 15) is 62.8 Å². The number of aromatic amines is 2. The Hall–Kier alpha value is -9.86. The average molecular weight is 1760 g/mol. The predicted molar refractivity (Wildman–Crippen MR) is 438 cm³/mol. The third kappa shape index (κ3) is 28.9. The molecule has 2 saturated heterocycles. The Labute approximate surface area is 698 Å². The van der Waals surface area contributed by atoms with Crippen LogP contribution in [0.3, 0.4) is 0 Å². The number of fused-ring (bicyclic) bond motifs is 3. The molecule has 8 aromatic heterocycles. The number of aliphatic hydroxyl groups excluding tert-OH is 3. The summed E-state index contributed by atoms with van der Waals surface area (Å²) in [6.45, 7) is 27.4. The van der Waals surface area contributed by atoms with Gasteiger partial charge in [0, 0.05) is 55.0 Å². The van der Waals surface area contributed by atoms with Gasteiger partial charge in [0.1, 0.15) is 53.3 Å². The lowest BCUT2D eigenvalue weighted by Gasteiger charge is -2.22. The third-order valence-electron chi connectivity index (χ3n) is 17.6. The van der Waals surface area contributed by atoms with Crippen LogP contribution in [0.25, 0.3) is 33.5 Å². The number of aromatic nitrogens is 14. The number of rotatable bonds is 30. The van der Waals surface area contributed by atoms with Crippen molar-refractivity contribution in [1.29, 1.82) is 0 Å². The first-order valence-electron chi connectivity index (χ1n) is 38.2. The molecule has 3 fully saturated rings. The van der Waals surface area contributed by atoms with Crippen LogP contribution in [0.2, 0.25) is 0 Å². The monoisotopic (exact) mass is 1760 g/mol. The van der Waals surface area contributed by atoms with E-state index in [2.05, 4.69) is 58.4 Å². The molecule has 11 N–H and O–H groups in total. The summed E-state index contributed by atoms with van der Waals surface area (Å²) in [6.07, 6.45) is 6.79. The number of aliphatic hydroxyl groups is 3. The van der Waals surface area contributed by atoms with Gasteiger partial charge in [0.05, 0.1) is 104 Å². The molecule has 2 aliphatic heterocycles. The highest BCUT2D eigenvalue weighted by Gasteiger charge is 2.39. The second-order valence-corrected chi connectivity index (χ2v) is 35.3. The Morgan fingerprint density at radius 2 is 1.20 bits per heavy atom. The fourth-order valence-electron chi connectivity index (χ4n) is 11.2. The average Bonchev–Trinajstić information content (AvgIpc) is 1.62. The van der Waals surface area contributed by atoms with Crippen molar-refractivity contribution in [2.24, 2.45) is 16.7 Å². The number of anilines is 3. The number of H-pyrrole nitrogens is 2. The number of hydrogen-bond donors (Lipinski definition) is 8. The van der Waals surface area contributed by atoms with Gasteiger partial charge < -0.3 is 98.6 Å². The molecule has 0 bridgehead atoms. The summed E-state index contributed by atoms with van der Waals surface area (Å²) in [5.74, 6) is 0.0988. The number of carbonyl (C=O) groups is 4. The molecule has 44 nitrogen and oxygen atoms in total. The predicted octanol–water partition coefficient (Wildman–Crippen LogP) is 7.57. The molecular formula is C74H109N17O27P2S. The van der Waals surface area contributed by atoms with Crippen molar-refractivity contribution in [3.63, 3.8) is 0 Å². The van der Waals surface area contributed by atoms with Crippen LogP contribution in [0.1, 0.15) is 146 Å². The van der Waals surface area contributed by atoms with Gasteiger partial charge >= 0.3 is 50.8 Å². The van der Waals surface area contributed by atoms with Crippen molar-refractivity contribution >= 4 is 102 Å².